The van der Waals surface area contributed by atoms with Gasteiger partial charge in [0.15, 0.2) is 0 Å². The summed E-state index contributed by atoms with van der Waals surface area (Å²) in [4.78, 5) is 12.0. The zero-order valence-electron chi connectivity index (χ0n) is 13.1. The number of carbonyl (C=O) groups excluding carboxylic acids is 1. The number of ether oxygens (including phenoxy) is 2. The molecule has 4 nitrogen and oxygen atoms in total. The normalized spacial score (nSPS) is 10.8. The van der Waals surface area contributed by atoms with Crippen LogP contribution in [-0.4, -0.2) is 26.2 Å². The molecular formula is C18H17ClFNO3. The minimum absolute atomic E-state index is 0.261. The third-order valence-corrected chi connectivity index (χ3v) is 3.29. The molecule has 24 heavy (non-hydrogen) atoms. The molecule has 0 aliphatic heterocycles. The number of methoxy groups -OCH3 is 1. The van der Waals surface area contributed by atoms with E-state index in [0.29, 0.717) is 24.0 Å². The van der Waals surface area contributed by atoms with E-state index < -0.39 is 11.7 Å². The van der Waals surface area contributed by atoms with E-state index in [1.165, 1.54) is 24.3 Å². The maximum atomic E-state index is 13.4. The van der Waals surface area contributed by atoms with E-state index in [2.05, 4.69) is 5.32 Å². The molecule has 0 heterocycles. The zero-order valence-corrected chi connectivity index (χ0v) is 13.8. The molecule has 0 fully saturated rings. The average Bonchev–Trinajstić information content (AvgIpc) is 2.56. The van der Waals surface area contributed by atoms with Crippen LogP contribution < -0.4 is 10.1 Å². The van der Waals surface area contributed by atoms with Gasteiger partial charge in [-0.3, -0.25) is 4.79 Å². The second kappa shape index (κ2) is 9.05. The molecule has 2 aromatic carbocycles. The fourth-order valence-corrected chi connectivity index (χ4v) is 2.01. The molecule has 2 aromatic rings. The van der Waals surface area contributed by atoms with Gasteiger partial charge >= 0.3 is 0 Å². The largest absolute Gasteiger partial charge is 0.489 e. The van der Waals surface area contributed by atoms with Gasteiger partial charge < -0.3 is 14.8 Å². The van der Waals surface area contributed by atoms with Gasteiger partial charge in [0.25, 0.3) is 0 Å². The van der Waals surface area contributed by atoms with Gasteiger partial charge in [0.1, 0.15) is 18.2 Å². The van der Waals surface area contributed by atoms with Crippen molar-refractivity contribution in [1.29, 1.82) is 0 Å². The fourth-order valence-electron chi connectivity index (χ4n) is 1.88. The van der Waals surface area contributed by atoms with Crippen LogP contribution in [0.1, 0.15) is 5.56 Å². The minimum atomic E-state index is -0.467. The Morgan fingerprint density at radius 1 is 1.21 bits per heavy atom. The Hall–Kier alpha value is -2.37. The van der Waals surface area contributed by atoms with Gasteiger partial charge in [0.2, 0.25) is 5.91 Å². The van der Waals surface area contributed by atoms with Crippen LogP contribution in [0.15, 0.2) is 48.5 Å². The third kappa shape index (κ3) is 5.68. The summed E-state index contributed by atoms with van der Waals surface area (Å²) in [5, 5.41) is 3.22. The SMILES string of the molecule is COCCOc1ccc(F)cc1NC(=O)C=Cc1ccc(Cl)cc1. The van der Waals surface area contributed by atoms with E-state index in [4.69, 9.17) is 21.1 Å². The Morgan fingerprint density at radius 3 is 2.67 bits per heavy atom. The second-order valence-electron chi connectivity index (χ2n) is 4.86. The highest BCUT2D eigenvalue weighted by Gasteiger charge is 2.08. The van der Waals surface area contributed by atoms with Crippen molar-refractivity contribution in [3.63, 3.8) is 0 Å². The molecule has 0 spiro atoms. The molecule has 0 aliphatic rings. The Morgan fingerprint density at radius 2 is 1.96 bits per heavy atom. The number of anilines is 1. The first-order valence-corrected chi connectivity index (χ1v) is 7.62. The molecule has 0 radical (unpaired) electrons. The fraction of sp³-hybridized carbons (Fsp3) is 0.167. The monoisotopic (exact) mass is 349 g/mol. The summed E-state index contributed by atoms with van der Waals surface area (Å²) in [6, 6.07) is 11.0. The van der Waals surface area contributed by atoms with Crippen molar-refractivity contribution in [3.8, 4) is 5.75 Å². The van der Waals surface area contributed by atoms with Crippen molar-refractivity contribution >= 4 is 29.3 Å². The topological polar surface area (TPSA) is 47.6 Å². The van der Waals surface area contributed by atoms with Crippen molar-refractivity contribution in [3.05, 3.63) is 64.9 Å². The molecule has 0 unspecified atom stereocenters. The number of nitrogens with one attached hydrogen (secondary N) is 1. The van der Waals surface area contributed by atoms with Crippen LogP contribution in [0.3, 0.4) is 0 Å². The minimum Gasteiger partial charge on any atom is -0.489 e. The summed E-state index contributed by atoms with van der Waals surface area (Å²) in [7, 11) is 1.55. The van der Waals surface area contributed by atoms with Crippen LogP contribution in [0.2, 0.25) is 5.02 Å². The highest BCUT2D eigenvalue weighted by molar-refractivity contribution is 6.30. The van der Waals surface area contributed by atoms with Crippen LogP contribution in [0, 0.1) is 5.82 Å². The van der Waals surface area contributed by atoms with Crippen molar-refractivity contribution in [2.45, 2.75) is 0 Å². The number of hydrogen-bond donors (Lipinski definition) is 1. The number of halogens is 2. The van der Waals surface area contributed by atoms with Crippen molar-refractivity contribution in [1.82, 2.24) is 0 Å². The van der Waals surface area contributed by atoms with Crippen LogP contribution in [0.4, 0.5) is 10.1 Å². The summed E-state index contributed by atoms with van der Waals surface area (Å²) in [6.45, 7) is 0.687. The molecule has 6 heteroatoms. The smallest absolute Gasteiger partial charge is 0.248 e. The van der Waals surface area contributed by atoms with Crippen LogP contribution in [0.5, 0.6) is 5.75 Å². The molecular weight excluding hydrogens is 333 g/mol. The lowest BCUT2D eigenvalue weighted by atomic mass is 10.2. The lowest BCUT2D eigenvalue weighted by Gasteiger charge is -2.11. The van der Waals surface area contributed by atoms with E-state index in [1.807, 2.05) is 0 Å². The zero-order chi connectivity index (χ0) is 17.4. The summed E-state index contributed by atoms with van der Waals surface area (Å²) in [5.74, 6) is -0.486. The molecule has 0 atom stereocenters. The van der Waals surface area contributed by atoms with E-state index in [9.17, 15) is 9.18 Å². The van der Waals surface area contributed by atoms with Gasteiger partial charge in [-0.1, -0.05) is 23.7 Å². The van der Waals surface area contributed by atoms with Gasteiger partial charge in [-0.15, -0.1) is 0 Å². The predicted molar refractivity (Wildman–Crippen MR) is 92.9 cm³/mol. The van der Waals surface area contributed by atoms with Crippen LogP contribution >= 0.6 is 11.6 Å². The molecule has 0 bridgehead atoms. The van der Waals surface area contributed by atoms with Crippen LogP contribution in [0.25, 0.3) is 6.08 Å². The predicted octanol–water partition coefficient (Wildman–Crippen LogP) is 4.16. The quantitative estimate of drug-likeness (QED) is 0.603. The summed E-state index contributed by atoms with van der Waals surface area (Å²) < 4.78 is 23.8. The average molecular weight is 350 g/mol. The van der Waals surface area contributed by atoms with Crippen molar-refractivity contribution < 1.29 is 18.7 Å². The maximum absolute atomic E-state index is 13.4. The number of amides is 1. The standard InChI is InChI=1S/C18H17ClFNO3/c1-23-10-11-24-17-8-7-15(20)12-16(17)21-18(22)9-4-13-2-5-14(19)6-3-13/h2-9,12H,10-11H2,1H3,(H,21,22). The summed E-state index contributed by atoms with van der Waals surface area (Å²) in [6.07, 6.45) is 2.99. The molecule has 0 saturated carbocycles. The van der Waals surface area contributed by atoms with Crippen molar-refractivity contribution in [2.75, 3.05) is 25.6 Å². The van der Waals surface area contributed by atoms with Gasteiger partial charge in [0.05, 0.1) is 12.3 Å². The van der Waals surface area contributed by atoms with Gasteiger partial charge in [-0.25, -0.2) is 4.39 Å². The van der Waals surface area contributed by atoms with E-state index in [-0.39, 0.29) is 5.69 Å². The number of rotatable bonds is 7. The first-order chi connectivity index (χ1) is 11.6. The third-order valence-electron chi connectivity index (χ3n) is 3.04. The van der Waals surface area contributed by atoms with E-state index in [0.717, 1.165) is 5.56 Å². The Bertz CT molecular complexity index is 717. The molecule has 0 aromatic heterocycles. The number of hydrogen-bond acceptors (Lipinski definition) is 3. The highest BCUT2D eigenvalue weighted by Crippen LogP contribution is 2.25. The Balaban J connectivity index is 2.04. The van der Waals surface area contributed by atoms with E-state index >= 15 is 0 Å². The molecule has 126 valence electrons. The Kier molecular flexibility index (Phi) is 6.78. The summed E-state index contributed by atoms with van der Waals surface area (Å²) >= 11 is 5.80. The van der Waals surface area contributed by atoms with Crippen molar-refractivity contribution in [2.24, 2.45) is 0 Å². The molecule has 2 rings (SSSR count). The first-order valence-electron chi connectivity index (χ1n) is 7.24. The van der Waals surface area contributed by atoms with Gasteiger partial charge in [-0.05, 0) is 35.9 Å². The highest BCUT2D eigenvalue weighted by atomic mass is 35.5. The van der Waals surface area contributed by atoms with Crippen LogP contribution in [-0.2, 0) is 9.53 Å². The van der Waals surface area contributed by atoms with E-state index in [1.54, 1.807) is 37.5 Å². The summed E-state index contributed by atoms with van der Waals surface area (Å²) in [5.41, 5.74) is 1.09. The second-order valence-corrected chi connectivity index (χ2v) is 5.29. The lowest BCUT2D eigenvalue weighted by molar-refractivity contribution is -0.111. The molecule has 0 aliphatic carbocycles. The molecule has 0 saturated heterocycles. The van der Waals surface area contributed by atoms with Gasteiger partial charge in [0, 0.05) is 24.3 Å². The van der Waals surface area contributed by atoms with Gasteiger partial charge in [-0.2, -0.15) is 0 Å². The molecule has 1 N–H and O–H groups in total. The lowest BCUT2D eigenvalue weighted by Crippen LogP contribution is -2.11. The Labute approximate surface area is 144 Å². The number of benzene rings is 2. The maximum Gasteiger partial charge on any atom is 0.248 e. The molecule has 1 amide bonds. The first kappa shape index (κ1) is 18.0. The number of carbonyl (C=O) groups is 1.